The molecule has 2 aromatic heterocycles. The SMILES string of the molecule is O=C(Cn1ccc2c(SCc3ccccc3)nccc21)N1CCCCCC1. The quantitative estimate of drug-likeness (QED) is 0.602. The summed E-state index contributed by atoms with van der Waals surface area (Å²) in [5, 5.41) is 2.15. The van der Waals surface area contributed by atoms with Crippen molar-refractivity contribution < 1.29 is 4.79 Å². The van der Waals surface area contributed by atoms with Gasteiger partial charge in [-0.3, -0.25) is 4.79 Å². The Bertz CT molecular complexity index is 898. The second-order valence-corrected chi connectivity index (χ2v) is 8.03. The highest BCUT2D eigenvalue weighted by atomic mass is 32.2. The molecule has 140 valence electrons. The van der Waals surface area contributed by atoms with Gasteiger partial charge in [-0.2, -0.15) is 0 Å². The molecule has 4 rings (SSSR count). The fourth-order valence-electron chi connectivity index (χ4n) is 3.64. The molecule has 0 radical (unpaired) electrons. The van der Waals surface area contributed by atoms with Crippen molar-refractivity contribution in [2.75, 3.05) is 13.1 Å². The first-order chi connectivity index (χ1) is 13.3. The van der Waals surface area contributed by atoms with Crippen LogP contribution in [0.1, 0.15) is 31.2 Å². The summed E-state index contributed by atoms with van der Waals surface area (Å²) in [6.45, 7) is 2.21. The zero-order valence-electron chi connectivity index (χ0n) is 15.5. The molecule has 0 aliphatic carbocycles. The van der Waals surface area contributed by atoms with Crippen molar-refractivity contribution in [3.05, 3.63) is 60.4 Å². The summed E-state index contributed by atoms with van der Waals surface area (Å²) in [6.07, 6.45) is 8.61. The van der Waals surface area contributed by atoms with Crippen LogP contribution in [0.3, 0.4) is 0 Å². The number of likely N-dealkylation sites (tertiary alicyclic amines) is 1. The lowest BCUT2D eigenvalue weighted by molar-refractivity contribution is -0.131. The van der Waals surface area contributed by atoms with E-state index in [1.54, 1.807) is 11.8 Å². The van der Waals surface area contributed by atoms with Gasteiger partial charge in [-0.05, 0) is 30.5 Å². The van der Waals surface area contributed by atoms with Crippen LogP contribution in [0, 0.1) is 0 Å². The maximum atomic E-state index is 12.7. The molecule has 1 aliphatic heterocycles. The molecule has 3 aromatic rings. The summed E-state index contributed by atoms with van der Waals surface area (Å²) in [6, 6.07) is 14.5. The minimum Gasteiger partial charge on any atom is -0.341 e. The Balaban J connectivity index is 1.49. The second kappa shape index (κ2) is 8.61. The number of thioether (sulfide) groups is 1. The molecular formula is C22H25N3OS. The van der Waals surface area contributed by atoms with E-state index >= 15 is 0 Å². The average molecular weight is 380 g/mol. The first-order valence-electron chi connectivity index (χ1n) is 9.69. The molecule has 5 heteroatoms. The zero-order chi connectivity index (χ0) is 18.5. The maximum absolute atomic E-state index is 12.7. The molecule has 0 saturated carbocycles. The van der Waals surface area contributed by atoms with Gasteiger partial charge < -0.3 is 9.47 Å². The topological polar surface area (TPSA) is 38.1 Å². The third kappa shape index (κ3) is 4.35. The van der Waals surface area contributed by atoms with Gasteiger partial charge in [-0.15, -0.1) is 11.8 Å². The summed E-state index contributed by atoms with van der Waals surface area (Å²) in [5.41, 5.74) is 2.38. The predicted molar refractivity (Wildman–Crippen MR) is 111 cm³/mol. The van der Waals surface area contributed by atoms with Gasteiger partial charge in [-0.1, -0.05) is 43.2 Å². The van der Waals surface area contributed by atoms with Crippen LogP contribution in [0.5, 0.6) is 0 Å². The standard InChI is InChI=1S/C22H25N3OS/c26-21(24-13-6-1-2-7-14-24)16-25-15-11-19-20(25)10-12-23-22(19)27-17-18-8-4-3-5-9-18/h3-5,8-12,15H,1-2,6-7,13-14,16-17H2. The van der Waals surface area contributed by atoms with E-state index in [0.29, 0.717) is 6.54 Å². The van der Waals surface area contributed by atoms with Crippen molar-refractivity contribution >= 4 is 28.6 Å². The van der Waals surface area contributed by atoms with E-state index in [9.17, 15) is 4.79 Å². The molecule has 0 unspecified atom stereocenters. The second-order valence-electron chi connectivity index (χ2n) is 7.06. The van der Waals surface area contributed by atoms with Crippen LogP contribution in [-0.4, -0.2) is 33.4 Å². The van der Waals surface area contributed by atoms with E-state index in [0.717, 1.165) is 47.6 Å². The molecule has 0 spiro atoms. The Morgan fingerprint density at radius 3 is 2.56 bits per heavy atom. The molecule has 0 atom stereocenters. The normalized spacial score (nSPS) is 15.0. The number of benzene rings is 1. The number of rotatable bonds is 5. The van der Waals surface area contributed by atoms with Gasteiger partial charge in [0.15, 0.2) is 0 Å². The van der Waals surface area contributed by atoms with Crippen LogP contribution in [-0.2, 0) is 17.1 Å². The lowest BCUT2D eigenvalue weighted by Crippen LogP contribution is -2.34. The summed E-state index contributed by atoms with van der Waals surface area (Å²) in [4.78, 5) is 19.3. The number of hydrogen-bond donors (Lipinski definition) is 0. The van der Waals surface area contributed by atoms with E-state index in [1.165, 1.54) is 18.4 Å². The molecule has 1 aromatic carbocycles. The summed E-state index contributed by atoms with van der Waals surface area (Å²) in [5.74, 6) is 1.12. The number of carbonyl (C=O) groups is 1. The number of amides is 1. The highest BCUT2D eigenvalue weighted by Gasteiger charge is 2.17. The van der Waals surface area contributed by atoms with Gasteiger partial charge in [-0.25, -0.2) is 4.98 Å². The van der Waals surface area contributed by atoms with Crippen molar-refractivity contribution in [2.24, 2.45) is 0 Å². The summed E-state index contributed by atoms with van der Waals surface area (Å²) < 4.78 is 2.07. The molecule has 4 nitrogen and oxygen atoms in total. The average Bonchev–Trinajstić information content (AvgIpc) is 2.93. The van der Waals surface area contributed by atoms with Crippen LogP contribution in [0.2, 0.25) is 0 Å². The minimum absolute atomic E-state index is 0.227. The first-order valence-corrected chi connectivity index (χ1v) is 10.7. The summed E-state index contributed by atoms with van der Waals surface area (Å²) >= 11 is 1.75. The van der Waals surface area contributed by atoms with Gasteiger partial charge in [0.2, 0.25) is 5.91 Å². The summed E-state index contributed by atoms with van der Waals surface area (Å²) in [7, 11) is 0. The highest BCUT2D eigenvalue weighted by Crippen LogP contribution is 2.29. The van der Waals surface area contributed by atoms with E-state index in [1.807, 2.05) is 29.4 Å². The first kappa shape index (κ1) is 18.1. The van der Waals surface area contributed by atoms with Crippen LogP contribution >= 0.6 is 11.8 Å². The highest BCUT2D eigenvalue weighted by molar-refractivity contribution is 7.98. The van der Waals surface area contributed by atoms with Crippen LogP contribution in [0.25, 0.3) is 10.9 Å². The lowest BCUT2D eigenvalue weighted by Gasteiger charge is -2.20. The smallest absolute Gasteiger partial charge is 0.242 e. The molecule has 0 bridgehead atoms. The van der Waals surface area contributed by atoms with Gasteiger partial charge in [0.1, 0.15) is 11.6 Å². The maximum Gasteiger partial charge on any atom is 0.242 e. The fourth-order valence-corrected chi connectivity index (χ4v) is 4.60. The van der Waals surface area contributed by atoms with Crippen LogP contribution in [0.15, 0.2) is 59.9 Å². The third-order valence-electron chi connectivity index (χ3n) is 5.14. The van der Waals surface area contributed by atoms with Crippen molar-refractivity contribution in [3.63, 3.8) is 0 Å². The lowest BCUT2D eigenvalue weighted by atomic mass is 10.2. The Morgan fingerprint density at radius 2 is 1.78 bits per heavy atom. The molecule has 1 aliphatic rings. The van der Waals surface area contributed by atoms with Gasteiger partial charge in [0.25, 0.3) is 0 Å². The fraction of sp³-hybridized carbons (Fsp3) is 0.364. The number of hydrogen-bond acceptors (Lipinski definition) is 3. The van der Waals surface area contributed by atoms with Crippen LogP contribution < -0.4 is 0 Å². The predicted octanol–water partition coefficient (Wildman–Crippen LogP) is 4.73. The molecule has 3 heterocycles. The third-order valence-corrected chi connectivity index (χ3v) is 6.22. The number of fused-ring (bicyclic) bond motifs is 1. The molecule has 27 heavy (non-hydrogen) atoms. The Morgan fingerprint density at radius 1 is 1.00 bits per heavy atom. The van der Waals surface area contributed by atoms with E-state index in [-0.39, 0.29) is 5.91 Å². The number of aromatic nitrogens is 2. The van der Waals surface area contributed by atoms with Crippen molar-refractivity contribution in [3.8, 4) is 0 Å². The minimum atomic E-state index is 0.227. The monoisotopic (exact) mass is 379 g/mol. The largest absolute Gasteiger partial charge is 0.341 e. The van der Waals surface area contributed by atoms with Crippen molar-refractivity contribution in [2.45, 2.75) is 43.0 Å². The number of nitrogens with zero attached hydrogens (tertiary/aromatic N) is 3. The van der Waals surface area contributed by atoms with E-state index in [4.69, 9.17) is 0 Å². The van der Waals surface area contributed by atoms with Gasteiger partial charge >= 0.3 is 0 Å². The van der Waals surface area contributed by atoms with Crippen LogP contribution in [0.4, 0.5) is 0 Å². The van der Waals surface area contributed by atoms with Gasteiger partial charge in [0, 0.05) is 36.6 Å². The van der Waals surface area contributed by atoms with E-state index < -0.39 is 0 Å². The van der Waals surface area contributed by atoms with Crippen molar-refractivity contribution in [1.29, 1.82) is 0 Å². The Hall–Kier alpha value is -2.27. The molecule has 0 N–H and O–H groups in total. The molecule has 1 amide bonds. The number of pyridine rings is 1. The van der Waals surface area contributed by atoms with E-state index in [2.05, 4.69) is 39.9 Å². The van der Waals surface area contributed by atoms with Gasteiger partial charge in [0.05, 0.1) is 5.52 Å². The molecule has 1 saturated heterocycles. The Kier molecular flexibility index (Phi) is 5.78. The zero-order valence-corrected chi connectivity index (χ0v) is 16.3. The number of carbonyl (C=O) groups excluding carboxylic acids is 1. The Labute approximate surface area is 164 Å². The molecular weight excluding hydrogens is 354 g/mol. The van der Waals surface area contributed by atoms with Crippen molar-refractivity contribution in [1.82, 2.24) is 14.5 Å². The molecule has 1 fully saturated rings.